The number of amides is 1. The lowest BCUT2D eigenvalue weighted by Gasteiger charge is -2.10. The van der Waals surface area contributed by atoms with Gasteiger partial charge in [0.25, 0.3) is 5.91 Å². The number of rotatable bonds is 8. The number of hydrogen-bond donors (Lipinski definition) is 2. The summed E-state index contributed by atoms with van der Waals surface area (Å²) in [6, 6.07) is 3.21. The van der Waals surface area contributed by atoms with E-state index in [2.05, 4.69) is 22.4 Å². The summed E-state index contributed by atoms with van der Waals surface area (Å²) in [5.74, 6) is 0.539. The van der Waals surface area contributed by atoms with Crippen LogP contribution in [0.3, 0.4) is 0 Å². The molecule has 134 valence electrons. The number of carbonyl (C=O) groups is 1. The van der Waals surface area contributed by atoms with Crippen molar-refractivity contribution < 1.29 is 14.4 Å². The van der Waals surface area contributed by atoms with Crippen molar-refractivity contribution >= 4 is 18.1 Å². The van der Waals surface area contributed by atoms with Gasteiger partial charge in [-0.3, -0.25) is 9.78 Å². The second-order valence-electron chi connectivity index (χ2n) is 6.06. The monoisotopic (exact) mass is 343 g/mol. The maximum Gasteiger partial charge on any atom is 0.253 e. The summed E-state index contributed by atoms with van der Waals surface area (Å²) in [5, 5.41) is 15.8. The van der Waals surface area contributed by atoms with Gasteiger partial charge in [0.1, 0.15) is 5.76 Å². The molecule has 0 fully saturated rings. The standard InChI is InChI=1S/C19H25N3O3/c1-4-5-6-18-17(14(3)25-22-18)10-9-16-8-7-15(11-20-16)19(24)21-13(2)12-23/h7-11,13,23H,4-6,12H2,1-3H3,(H,21,24)/b10-9+. The minimum absolute atomic E-state index is 0.0988. The van der Waals surface area contributed by atoms with E-state index in [0.717, 1.165) is 42.0 Å². The number of aliphatic hydroxyl groups is 1. The molecular weight excluding hydrogens is 318 g/mol. The van der Waals surface area contributed by atoms with Crippen molar-refractivity contribution in [3.8, 4) is 0 Å². The van der Waals surface area contributed by atoms with Crippen LogP contribution in [-0.4, -0.2) is 33.8 Å². The van der Waals surface area contributed by atoms with Gasteiger partial charge < -0.3 is 14.9 Å². The highest BCUT2D eigenvalue weighted by atomic mass is 16.5. The molecular formula is C19H25N3O3. The summed E-state index contributed by atoms with van der Waals surface area (Å²) >= 11 is 0. The lowest BCUT2D eigenvalue weighted by molar-refractivity contribution is 0.0922. The SMILES string of the molecule is CCCCc1noc(C)c1/C=C/c1ccc(C(=O)NC(C)CO)cn1. The normalized spacial score (nSPS) is 12.5. The molecule has 2 rings (SSSR count). The summed E-state index contributed by atoms with van der Waals surface area (Å²) in [6.07, 6.45) is 8.43. The predicted octanol–water partition coefficient (Wildman–Crippen LogP) is 3.00. The van der Waals surface area contributed by atoms with E-state index in [1.54, 1.807) is 19.1 Å². The molecule has 2 aromatic heterocycles. The number of unbranched alkanes of at least 4 members (excludes halogenated alkanes) is 1. The van der Waals surface area contributed by atoms with Gasteiger partial charge in [-0.15, -0.1) is 0 Å². The van der Waals surface area contributed by atoms with E-state index in [1.807, 2.05) is 19.1 Å². The van der Waals surface area contributed by atoms with Crippen LogP contribution in [0.25, 0.3) is 12.2 Å². The van der Waals surface area contributed by atoms with E-state index < -0.39 is 0 Å². The van der Waals surface area contributed by atoms with E-state index in [9.17, 15) is 4.79 Å². The van der Waals surface area contributed by atoms with Crippen LogP contribution >= 0.6 is 0 Å². The van der Waals surface area contributed by atoms with Crippen molar-refractivity contribution in [3.63, 3.8) is 0 Å². The molecule has 0 radical (unpaired) electrons. The van der Waals surface area contributed by atoms with E-state index in [0.29, 0.717) is 5.56 Å². The van der Waals surface area contributed by atoms with E-state index in [1.165, 1.54) is 6.20 Å². The van der Waals surface area contributed by atoms with Crippen molar-refractivity contribution in [2.24, 2.45) is 0 Å². The zero-order valence-electron chi connectivity index (χ0n) is 15.0. The fourth-order valence-electron chi connectivity index (χ4n) is 2.32. The summed E-state index contributed by atoms with van der Waals surface area (Å²) < 4.78 is 5.28. The van der Waals surface area contributed by atoms with Crippen LogP contribution in [-0.2, 0) is 6.42 Å². The maximum atomic E-state index is 12.0. The molecule has 25 heavy (non-hydrogen) atoms. The Bertz CT molecular complexity index is 720. The van der Waals surface area contributed by atoms with E-state index >= 15 is 0 Å². The number of pyridine rings is 1. The molecule has 1 amide bonds. The highest BCUT2D eigenvalue weighted by Gasteiger charge is 2.10. The van der Waals surface area contributed by atoms with Crippen molar-refractivity contribution in [1.29, 1.82) is 0 Å². The Morgan fingerprint density at radius 1 is 1.40 bits per heavy atom. The first kappa shape index (κ1) is 18.9. The first-order chi connectivity index (χ1) is 12.0. The topological polar surface area (TPSA) is 88.2 Å². The fraction of sp³-hybridized carbons (Fsp3) is 0.421. The van der Waals surface area contributed by atoms with Crippen LogP contribution in [0, 0.1) is 6.92 Å². The number of aromatic nitrogens is 2. The molecule has 0 aromatic carbocycles. The second-order valence-corrected chi connectivity index (χ2v) is 6.06. The molecule has 1 atom stereocenters. The Morgan fingerprint density at radius 2 is 2.20 bits per heavy atom. The average molecular weight is 343 g/mol. The Morgan fingerprint density at radius 3 is 2.84 bits per heavy atom. The summed E-state index contributed by atoms with van der Waals surface area (Å²) in [5.41, 5.74) is 3.16. The zero-order valence-corrected chi connectivity index (χ0v) is 15.0. The van der Waals surface area contributed by atoms with Crippen molar-refractivity contribution in [2.45, 2.75) is 46.1 Å². The number of aryl methyl sites for hydroxylation is 2. The quantitative estimate of drug-likeness (QED) is 0.769. The van der Waals surface area contributed by atoms with Crippen LogP contribution < -0.4 is 5.32 Å². The van der Waals surface area contributed by atoms with Crippen LogP contribution in [0.15, 0.2) is 22.9 Å². The third-order valence-corrected chi connectivity index (χ3v) is 3.87. The molecule has 0 bridgehead atoms. The molecule has 6 heteroatoms. The van der Waals surface area contributed by atoms with Crippen LogP contribution in [0.2, 0.25) is 0 Å². The molecule has 1 unspecified atom stereocenters. The van der Waals surface area contributed by atoms with Crippen LogP contribution in [0.4, 0.5) is 0 Å². The van der Waals surface area contributed by atoms with Gasteiger partial charge in [-0.1, -0.05) is 18.5 Å². The van der Waals surface area contributed by atoms with Gasteiger partial charge >= 0.3 is 0 Å². The molecule has 2 aromatic rings. The number of carbonyl (C=O) groups excluding carboxylic acids is 1. The van der Waals surface area contributed by atoms with Gasteiger partial charge in [0.15, 0.2) is 0 Å². The smallest absolute Gasteiger partial charge is 0.253 e. The van der Waals surface area contributed by atoms with Gasteiger partial charge in [0.2, 0.25) is 0 Å². The molecule has 0 aliphatic rings. The average Bonchev–Trinajstić information content (AvgIpc) is 2.98. The van der Waals surface area contributed by atoms with Gasteiger partial charge in [-0.05, 0) is 51.0 Å². The molecule has 0 aliphatic heterocycles. The van der Waals surface area contributed by atoms with Crippen molar-refractivity contribution in [2.75, 3.05) is 6.61 Å². The Hall–Kier alpha value is -2.47. The van der Waals surface area contributed by atoms with E-state index in [4.69, 9.17) is 9.63 Å². The molecule has 0 aliphatic carbocycles. The van der Waals surface area contributed by atoms with Gasteiger partial charge in [-0.2, -0.15) is 0 Å². The molecule has 2 N–H and O–H groups in total. The zero-order chi connectivity index (χ0) is 18.2. The predicted molar refractivity (Wildman–Crippen MR) is 97.0 cm³/mol. The Labute approximate surface area is 148 Å². The third kappa shape index (κ3) is 5.26. The molecule has 0 saturated heterocycles. The number of aliphatic hydroxyl groups excluding tert-OH is 1. The maximum absolute atomic E-state index is 12.0. The van der Waals surface area contributed by atoms with E-state index in [-0.39, 0.29) is 18.6 Å². The molecule has 2 heterocycles. The molecule has 0 saturated carbocycles. The second kappa shape index (κ2) is 9.13. The Balaban J connectivity index is 2.07. The Kier molecular flexibility index (Phi) is 6.89. The highest BCUT2D eigenvalue weighted by molar-refractivity contribution is 5.94. The summed E-state index contributed by atoms with van der Waals surface area (Å²) in [4.78, 5) is 16.3. The first-order valence-corrected chi connectivity index (χ1v) is 8.56. The van der Waals surface area contributed by atoms with Gasteiger partial charge in [-0.25, -0.2) is 0 Å². The van der Waals surface area contributed by atoms with Crippen LogP contribution in [0.1, 0.15) is 59.8 Å². The van der Waals surface area contributed by atoms with Crippen molar-refractivity contribution in [1.82, 2.24) is 15.5 Å². The minimum atomic E-state index is -0.287. The first-order valence-electron chi connectivity index (χ1n) is 8.56. The summed E-state index contributed by atoms with van der Waals surface area (Å²) in [6.45, 7) is 5.68. The third-order valence-electron chi connectivity index (χ3n) is 3.87. The summed E-state index contributed by atoms with van der Waals surface area (Å²) in [7, 11) is 0. The van der Waals surface area contributed by atoms with Gasteiger partial charge in [0.05, 0.1) is 23.6 Å². The number of hydrogen-bond acceptors (Lipinski definition) is 5. The largest absolute Gasteiger partial charge is 0.394 e. The number of nitrogens with zero attached hydrogens (tertiary/aromatic N) is 2. The van der Waals surface area contributed by atoms with Crippen molar-refractivity contribution in [3.05, 3.63) is 46.6 Å². The lowest BCUT2D eigenvalue weighted by atomic mass is 10.1. The molecule has 0 spiro atoms. The molecule has 6 nitrogen and oxygen atoms in total. The fourth-order valence-corrected chi connectivity index (χ4v) is 2.32. The lowest BCUT2D eigenvalue weighted by Crippen LogP contribution is -2.35. The highest BCUT2D eigenvalue weighted by Crippen LogP contribution is 2.18. The minimum Gasteiger partial charge on any atom is -0.394 e. The number of nitrogens with one attached hydrogen (secondary N) is 1. The van der Waals surface area contributed by atoms with Gasteiger partial charge in [0, 0.05) is 17.8 Å². The van der Waals surface area contributed by atoms with Crippen LogP contribution in [0.5, 0.6) is 0 Å².